The SMILES string of the molecule is CCNc1ncc(Br)c(NCC(C)(C)C)n1. The highest BCUT2D eigenvalue weighted by molar-refractivity contribution is 9.10. The van der Waals surface area contributed by atoms with Gasteiger partial charge in [0.25, 0.3) is 0 Å². The van der Waals surface area contributed by atoms with E-state index in [1.807, 2.05) is 6.92 Å². The Bertz CT molecular complexity index is 346. The van der Waals surface area contributed by atoms with Gasteiger partial charge in [-0.1, -0.05) is 20.8 Å². The van der Waals surface area contributed by atoms with Gasteiger partial charge in [-0.2, -0.15) is 4.98 Å². The normalized spacial score (nSPS) is 11.3. The lowest BCUT2D eigenvalue weighted by molar-refractivity contribution is 0.442. The molecule has 1 heterocycles. The minimum absolute atomic E-state index is 0.225. The first-order valence-corrected chi connectivity index (χ1v) is 6.22. The Labute approximate surface area is 105 Å². The molecule has 0 saturated carbocycles. The number of nitrogens with one attached hydrogen (secondary N) is 2. The minimum Gasteiger partial charge on any atom is -0.368 e. The van der Waals surface area contributed by atoms with E-state index in [1.54, 1.807) is 6.20 Å². The van der Waals surface area contributed by atoms with Gasteiger partial charge in [-0.25, -0.2) is 4.98 Å². The Morgan fingerprint density at radius 1 is 1.31 bits per heavy atom. The van der Waals surface area contributed by atoms with Gasteiger partial charge >= 0.3 is 0 Å². The number of aromatic nitrogens is 2. The molecule has 4 nitrogen and oxygen atoms in total. The molecule has 0 aromatic carbocycles. The van der Waals surface area contributed by atoms with Gasteiger partial charge in [0.2, 0.25) is 5.95 Å². The van der Waals surface area contributed by atoms with Crippen LogP contribution in [-0.2, 0) is 0 Å². The standard InChI is InChI=1S/C11H19BrN4/c1-5-13-10-14-6-8(12)9(16-10)15-7-11(2,3)4/h6H,5,7H2,1-4H3,(H2,13,14,15,16). The summed E-state index contributed by atoms with van der Waals surface area (Å²) in [5.41, 5.74) is 0.225. The van der Waals surface area contributed by atoms with E-state index < -0.39 is 0 Å². The van der Waals surface area contributed by atoms with Gasteiger partial charge in [0.1, 0.15) is 5.82 Å². The molecule has 0 unspecified atom stereocenters. The monoisotopic (exact) mass is 286 g/mol. The van der Waals surface area contributed by atoms with E-state index in [0.29, 0.717) is 5.95 Å². The predicted molar refractivity (Wildman–Crippen MR) is 71.8 cm³/mol. The van der Waals surface area contributed by atoms with Crippen LogP contribution in [-0.4, -0.2) is 23.1 Å². The van der Waals surface area contributed by atoms with Gasteiger partial charge in [0, 0.05) is 19.3 Å². The third-order valence-corrected chi connectivity index (χ3v) is 2.45. The molecule has 0 aliphatic heterocycles. The van der Waals surface area contributed by atoms with Gasteiger partial charge in [0.05, 0.1) is 4.47 Å². The summed E-state index contributed by atoms with van der Waals surface area (Å²) in [5.74, 6) is 1.49. The van der Waals surface area contributed by atoms with Crippen molar-refractivity contribution >= 4 is 27.7 Å². The van der Waals surface area contributed by atoms with Crippen molar-refractivity contribution in [1.29, 1.82) is 0 Å². The fourth-order valence-electron chi connectivity index (χ4n) is 1.08. The molecule has 2 N–H and O–H groups in total. The highest BCUT2D eigenvalue weighted by atomic mass is 79.9. The Morgan fingerprint density at radius 2 is 2.00 bits per heavy atom. The van der Waals surface area contributed by atoms with Gasteiger partial charge in [0.15, 0.2) is 0 Å². The van der Waals surface area contributed by atoms with Crippen molar-refractivity contribution in [1.82, 2.24) is 9.97 Å². The first-order chi connectivity index (χ1) is 7.42. The zero-order valence-corrected chi connectivity index (χ0v) is 11.8. The van der Waals surface area contributed by atoms with E-state index in [1.165, 1.54) is 0 Å². The fourth-order valence-corrected chi connectivity index (χ4v) is 1.41. The molecule has 1 rings (SSSR count). The van der Waals surface area contributed by atoms with Crippen molar-refractivity contribution in [3.05, 3.63) is 10.7 Å². The van der Waals surface area contributed by atoms with Gasteiger partial charge in [-0.15, -0.1) is 0 Å². The van der Waals surface area contributed by atoms with Gasteiger partial charge in [-0.05, 0) is 28.3 Å². The summed E-state index contributed by atoms with van der Waals surface area (Å²) in [6.45, 7) is 10.3. The molecule has 16 heavy (non-hydrogen) atoms. The van der Waals surface area contributed by atoms with E-state index >= 15 is 0 Å². The van der Waals surface area contributed by atoms with Crippen molar-refractivity contribution in [2.45, 2.75) is 27.7 Å². The van der Waals surface area contributed by atoms with Crippen LogP contribution < -0.4 is 10.6 Å². The average molecular weight is 287 g/mol. The van der Waals surface area contributed by atoms with Crippen LogP contribution in [0.3, 0.4) is 0 Å². The summed E-state index contributed by atoms with van der Waals surface area (Å²) in [7, 11) is 0. The highest BCUT2D eigenvalue weighted by Gasteiger charge is 2.11. The van der Waals surface area contributed by atoms with Crippen molar-refractivity contribution in [2.75, 3.05) is 23.7 Å². The molecular weight excluding hydrogens is 268 g/mol. The number of halogens is 1. The van der Waals surface area contributed by atoms with Crippen LogP contribution in [0.2, 0.25) is 0 Å². The molecule has 0 aliphatic carbocycles. The topological polar surface area (TPSA) is 49.8 Å². The molecule has 0 bridgehead atoms. The van der Waals surface area contributed by atoms with E-state index in [9.17, 15) is 0 Å². The Balaban J connectivity index is 2.74. The molecule has 0 saturated heterocycles. The summed E-state index contributed by atoms with van der Waals surface area (Å²) in [5, 5.41) is 6.40. The second-order valence-electron chi connectivity index (χ2n) is 4.83. The highest BCUT2D eigenvalue weighted by Crippen LogP contribution is 2.22. The third kappa shape index (κ3) is 4.35. The van der Waals surface area contributed by atoms with Crippen LogP contribution in [0, 0.1) is 5.41 Å². The maximum atomic E-state index is 4.38. The first-order valence-electron chi connectivity index (χ1n) is 5.42. The van der Waals surface area contributed by atoms with Crippen molar-refractivity contribution < 1.29 is 0 Å². The van der Waals surface area contributed by atoms with Gasteiger partial charge < -0.3 is 10.6 Å². The maximum Gasteiger partial charge on any atom is 0.224 e. The lowest BCUT2D eigenvalue weighted by atomic mass is 9.97. The van der Waals surface area contributed by atoms with E-state index in [2.05, 4.69) is 57.3 Å². The van der Waals surface area contributed by atoms with Gasteiger partial charge in [-0.3, -0.25) is 0 Å². The summed E-state index contributed by atoms with van der Waals surface area (Å²) in [6.07, 6.45) is 1.76. The van der Waals surface area contributed by atoms with Crippen LogP contribution >= 0.6 is 15.9 Å². The van der Waals surface area contributed by atoms with Crippen LogP contribution in [0.25, 0.3) is 0 Å². The number of hydrogen-bond acceptors (Lipinski definition) is 4. The minimum atomic E-state index is 0.225. The number of anilines is 2. The summed E-state index contributed by atoms with van der Waals surface area (Å²) in [6, 6.07) is 0. The third-order valence-electron chi connectivity index (χ3n) is 1.87. The Morgan fingerprint density at radius 3 is 2.56 bits per heavy atom. The first kappa shape index (κ1) is 13.2. The molecule has 0 fully saturated rings. The van der Waals surface area contributed by atoms with E-state index in [-0.39, 0.29) is 5.41 Å². The largest absolute Gasteiger partial charge is 0.368 e. The number of rotatable bonds is 4. The van der Waals surface area contributed by atoms with Crippen LogP contribution in [0.15, 0.2) is 10.7 Å². The molecule has 1 aromatic rings. The summed E-state index contributed by atoms with van der Waals surface area (Å²) in [4.78, 5) is 8.55. The smallest absolute Gasteiger partial charge is 0.224 e. The van der Waals surface area contributed by atoms with E-state index in [0.717, 1.165) is 23.4 Å². The Hall–Kier alpha value is -0.840. The zero-order chi connectivity index (χ0) is 12.2. The Kier molecular flexibility index (Phi) is 4.53. The summed E-state index contributed by atoms with van der Waals surface area (Å²) < 4.78 is 0.887. The molecule has 0 radical (unpaired) electrons. The number of hydrogen-bond donors (Lipinski definition) is 2. The van der Waals surface area contributed by atoms with Crippen LogP contribution in [0.5, 0.6) is 0 Å². The lowest BCUT2D eigenvalue weighted by Gasteiger charge is -2.19. The van der Waals surface area contributed by atoms with Crippen LogP contribution in [0.1, 0.15) is 27.7 Å². The van der Waals surface area contributed by atoms with Crippen molar-refractivity contribution in [2.24, 2.45) is 5.41 Å². The van der Waals surface area contributed by atoms with Crippen molar-refractivity contribution in [3.63, 3.8) is 0 Å². The van der Waals surface area contributed by atoms with Crippen LogP contribution in [0.4, 0.5) is 11.8 Å². The second-order valence-corrected chi connectivity index (χ2v) is 5.69. The molecule has 0 spiro atoms. The molecule has 0 aliphatic rings. The molecular formula is C11H19BrN4. The molecule has 5 heteroatoms. The molecule has 90 valence electrons. The predicted octanol–water partition coefficient (Wildman–Crippen LogP) is 3.13. The average Bonchev–Trinajstić information content (AvgIpc) is 2.18. The molecule has 0 atom stereocenters. The number of nitrogens with zero attached hydrogens (tertiary/aromatic N) is 2. The molecule has 0 amide bonds. The quantitative estimate of drug-likeness (QED) is 0.893. The zero-order valence-electron chi connectivity index (χ0n) is 10.3. The second kappa shape index (κ2) is 5.48. The van der Waals surface area contributed by atoms with Crippen molar-refractivity contribution in [3.8, 4) is 0 Å². The molecule has 1 aromatic heterocycles. The fraction of sp³-hybridized carbons (Fsp3) is 0.636. The van der Waals surface area contributed by atoms with E-state index in [4.69, 9.17) is 0 Å². The lowest BCUT2D eigenvalue weighted by Crippen LogP contribution is -2.20. The summed E-state index contributed by atoms with van der Waals surface area (Å²) >= 11 is 3.43. The maximum absolute atomic E-state index is 4.38.